The first-order valence-electron chi connectivity index (χ1n) is 3.68. The van der Waals surface area contributed by atoms with Gasteiger partial charge in [0.05, 0.1) is 0 Å². The predicted octanol–water partition coefficient (Wildman–Crippen LogP) is 1.55. The SMILES string of the molecule is CCC(=O)c1cccc(C#N)n1. The zero-order valence-electron chi connectivity index (χ0n) is 6.74. The van der Waals surface area contributed by atoms with Gasteiger partial charge in [0, 0.05) is 6.42 Å². The highest BCUT2D eigenvalue weighted by Gasteiger charge is 2.04. The Bertz CT molecular complexity index is 339. The van der Waals surface area contributed by atoms with Gasteiger partial charge in [0.2, 0.25) is 0 Å². The van der Waals surface area contributed by atoms with Crippen LogP contribution in [0, 0.1) is 11.3 Å². The average Bonchev–Trinajstić information content (AvgIpc) is 2.17. The van der Waals surface area contributed by atoms with Crippen LogP contribution in [0.25, 0.3) is 0 Å². The Balaban J connectivity index is 3.04. The Morgan fingerprint density at radius 1 is 1.67 bits per heavy atom. The number of hydrogen-bond acceptors (Lipinski definition) is 3. The maximum Gasteiger partial charge on any atom is 0.180 e. The molecule has 0 fully saturated rings. The Kier molecular flexibility index (Phi) is 2.54. The van der Waals surface area contributed by atoms with Crippen molar-refractivity contribution >= 4 is 5.78 Å². The molecule has 0 N–H and O–H groups in total. The van der Waals surface area contributed by atoms with E-state index in [1.165, 1.54) is 0 Å². The summed E-state index contributed by atoms with van der Waals surface area (Å²) in [5, 5.41) is 8.49. The van der Waals surface area contributed by atoms with Crippen molar-refractivity contribution in [1.29, 1.82) is 5.26 Å². The quantitative estimate of drug-likeness (QED) is 0.616. The van der Waals surface area contributed by atoms with Gasteiger partial charge in [0.25, 0.3) is 0 Å². The van der Waals surface area contributed by atoms with E-state index in [1.807, 2.05) is 6.07 Å². The fraction of sp³-hybridized carbons (Fsp3) is 0.222. The molecule has 0 aliphatic rings. The number of carbonyl (C=O) groups is 1. The maximum atomic E-state index is 11.1. The van der Waals surface area contributed by atoms with E-state index in [0.717, 1.165) is 0 Å². The van der Waals surface area contributed by atoms with Crippen LogP contribution >= 0.6 is 0 Å². The van der Waals surface area contributed by atoms with Crippen LogP contribution in [0.5, 0.6) is 0 Å². The molecule has 0 spiro atoms. The van der Waals surface area contributed by atoms with Gasteiger partial charge >= 0.3 is 0 Å². The second-order valence-corrected chi connectivity index (χ2v) is 2.30. The van der Waals surface area contributed by atoms with Crippen molar-refractivity contribution in [2.75, 3.05) is 0 Å². The molecule has 0 saturated heterocycles. The van der Waals surface area contributed by atoms with E-state index in [-0.39, 0.29) is 11.5 Å². The zero-order valence-corrected chi connectivity index (χ0v) is 6.74. The molecular formula is C9H8N2O. The zero-order chi connectivity index (χ0) is 8.97. The summed E-state index contributed by atoms with van der Waals surface area (Å²) in [4.78, 5) is 15.0. The van der Waals surface area contributed by atoms with E-state index in [2.05, 4.69) is 4.98 Å². The lowest BCUT2D eigenvalue weighted by atomic mass is 10.2. The topological polar surface area (TPSA) is 53.8 Å². The molecular weight excluding hydrogens is 152 g/mol. The van der Waals surface area contributed by atoms with Crippen molar-refractivity contribution in [2.45, 2.75) is 13.3 Å². The monoisotopic (exact) mass is 160 g/mol. The summed E-state index contributed by atoms with van der Waals surface area (Å²) in [5.41, 5.74) is 0.658. The molecule has 60 valence electrons. The number of rotatable bonds is 2. The van der Waals surface area contributed by atoms with E-state index in [9.17, 15) is 4.79 Å². The lowest BCUT2D eigenvalue weighted by molar-refractivity contribution is 0.0983. The second kappa shape index (κ2) is 3.63. The molecule has 0 aliphatic heterocycles. The highest BCUT2D eigenvalue weighted by Crippen LogP contribution is 2.01. The van der Waals surface area contributed by atoms with Gasteiger partial charge < -0.3 is 0 Å². The summed E-state index contributed by atoms with van der Waals surface area (Å²) < 4.78 is 0. The molecule has 0 amide bonds. The number of aromatic nitrogens is 1. The highest BCUT2D eigenvalue weighted by atomic mass is 16.1. The molecule has 0 radical (unpaired) electrons. The van der Waals surface area contributed by atoms with Crippen LogP contribution in [0.3, 0.4) is 0 Å². The van der Waals surface area contributed by atoms with E-state index >= 15 is 0 Å². The van der Waals surface area contributed by atoms with Gasteiger partial charge in [0.1, 0.15) is 17.5 Å². The molecule has 1 heterocycles. The Labute approximate surface area is 70.7 Å². The first-order valence-corrected chi connectivity index (χ1v) is 3.68. The molecule has 12 heavy (non-hydrogen) atoms. The first-order chi connectivity index (χ1) is 5.77. The molecule has 3 heteroatoms. The minimum atomic E-state index is -0.0351. The molecule has 0 saturated carbocycles. The normalized spacial score (nSPS) is 9.00. The van der Waals surface area contributed by atoms with Crippen molar-refractivity contribution in [3.8, 4) is 6.07 Å². The van der Waals surface area contributed by atoms with Gasteiger partial charge in [-0.15, -0.1) is 0 Å². The molecule has 1 aromatic heterocycles. The lowest BCUT2D eigenvalue weighted by Gasteiger charge is -1.95. The summed E-state index contributed by atoms with van der Waals surface area (Å²) in [6, 6.07) is 6.74. The summed E-state index contributed by atoms with van der Waals surface area (Å²) in [6.07, 6.45) is 0.419. The summed E-state index contributed by atoms with van der Waals surface area (Å²) in [7, 11) is 0. The third-order valence-electron chi connectivity index (χ3n) is 1.47. The molecule has 0 atom stereocenters. The van der Waals surface area contributed by atoms with Crippen molar-refractivity contribution in [3.05, 3.63) is 29.6 Å². The fourth-order valence-corrected chi connectivity index (χ4v) is 0.833. The molecule has 1 rings (SSSR count). The number of carbonyl (C=O) groups excluding carboxylic acids is 1. The minimum Gasteiger partial charge on any atom is -0.292 e. The van der Waals surface area contributed by atoms with Crippen LogP contribution in [-0.4, -0.2) is 10.8 Å². The number of hydrogen-bond donors (Lipinski definition) is 0. The lowest BCUT2D eigenvalue weighted by Crippen LogP contribution is -2.00. The van der Waals surface area contributed by atoms with Gasteiger partial charge in [-0.2, -0.15) is 5.26 Å². The predicted molar refractivity (Wildman–Crippen MR) is 43.6 cm³/mol. The van der Waals surface area contributed by atoms with E-state index in [4.69, 9.17) is 5.26 Å². The van der Waals surface area contributed by atoms with Crippen LogP contribution in [0.1, 0.15) is 29.5 Å². The van der Waals surface area contributed by atoms with E-state index in [0.29, 0.717) is 12.1 Å². The number of pyridine rings is 1. The van der Waals surface area contributed by atoms with Gasteiger partial charge in [-0.25, -0.2) is 4.98 Å². The maximum absolute atomic E-state index is 11.1. The number of nitrogens with zero attached hydrogens (tertiary/aromatic N) is 2. The van der Waals surface area contributed by atoms with Crippen LogP contribution in [0.4, 0.5) is 0 Å². The van der Waals surface area contributed by atoms with Crippen molar-refractivity contribution in [2.24, 2.45) is 0 Å². The largest absolute Gasteiger partial charge is 0.292 e. The Morgan fingerprint density at radius 2 is 2.42 bits per heavy atom. The third kappa shape index (κ3) is 1.67. The number of ketones is 1. The van der Waals surface area contributed by atoms with Gasteiger partial charge in [-0.3, -0.25) is 4.79 Å². The Morgan fingerprint density at radius 3 is 3.00 bits per heavy atom. The third-order valence-corrected chi connectivity index (χ3v) is 1.47. The highest BCUT2D eigenvalue weighted by molar-refractivity contribution is 5.93. The van der Waals surface area contributed by atoms with Gasteiger partial charge in [-0.1, -0.05) is 13.0 Å². The van der Waals surface area contributed by atoms with Crippen molar-refractivity contribution in [1.82, 2.24) is 4.98 Å². The van der Waals surface area contributed by atoms with E-state index < -0.39 is 0 Å². The second-order valence-electron chi connectivity index (χ2n) is 2.30. The summed E-state index contributed by atoms with van der Waals surface area (Å²) in [5.74, 6) is -0.0351. The number of nitriles is 1. The van der Waals surface area contributed by atoms with Crippen LogP contribution in [0.15, 0.2) is 18.2 Å². The molecule has 3 nitrogen and oxygen atoms in total. The van der Waals surface area contributed by atoms with Gasteiger partial charge in [0.15, 0.2) is 5.78 Å². The molecule has 0 aliphatic carbocycles. The van der Waals surface area contributed by atoms with Crippen LogP contribution in [0.2, 0.25) is 0 Å². The first kappa shape index (κ1) is 8.41. The van der Waals surface area contributed by atoms with Crippen molar-refractivity contribution in [3.63, 3.8) is 0 Å². The number of Topliss-reactive ketones (excluding diaryl/α,β-unsaturated/α-hetero) is 1. The summed E-state index contributed by atoms with van der Waals surface area (Å²) >= 11 is 0. The van der Waals surface area contributed by atoms with Crippen molar-refractivity contribution < 1.29 is 4.79 Å². The fourth-order valence-electron chi connectivity index (χ4n) is 0.833. The van der Waals surface area contributed by atoms with Gasteiger partial charge in [-0.05, 0) is 12.1 Å². The summed E-state index contributed by atoms with van der Waals surface area (Å²) in [6.45, 7) is 1.77. The minimum absolute atomic E-state index is 0.0351. The smallest absolute Gasteiger partial charge is 0.180 e. The Hall–Kier alpha value is -1.69. The molecule has 1 aromatic rings. The van der Waals surface area contributed by atoms with Crippen LogP contribution in [-0.2, 0) is 0 Å². The average molecular weight is 160 g/mol. The standard InChI is InChI=1S/C9H8N2O/c1-2-9(12)8-5-3-4-7(6-10)11-8/h3-5H,2H2,1H3. The van der Waals surface area contributed by atoms with Crippen LogP contribution < -0.4 is 0 Å². The molecule has 0 aromatic carbocycles. The molecule has 0 unspecified atom stereocenters. The van der Waals surface area contributed by atoms with E-state index in [1.54, 1.807) is 25.1 Å². The molecule has 0 bridgehead atoms.